The van der Waals surface area contributed by atoms with E-state index in [4.69, 9.17) is 11.5 Å². The van der Waals surface area contributed by atoms with Crippen molar-refractivity contribution in [2.75, 3.05) is 20.6 Å². The van der Waals surface area contributed by atoms with Gasteiger partial charge in [-0.05, 0) is 55.2 Å². The Kier molecular flexibility index (Phi) is 18.0. The molecule has 0 radical (unpaired) electrons. The van der Waals surface area contributed by atoms with E-state index < -0.39 is 65.7 Å². The van der Waals surface area contributed by atoms with Gasteiger partial charge in [-0.1, -0.05) is 88.4 Å². The zero-order chi connectivity index (χ0) is 39.0. The van der Waals surface area contributed by atoms with E-state index in [-0.39, 0.29) is 24.7 Å². The number of unbranched alkanes of at least 4 members (excludes halogenated alkanes) is 1. The molecule has 286 valence electrons. The number of nitrogens with one attached hydrogen (secondary N) is 3. The Bertz CT molecular complexity index is 1470. The minimum atomic E-state index is -1.06. The second-order valence-electron chi connectivity index (χ2n) is 14.2. The van der Waals surface area contributed by atoms with Gasteiger partial charge in [0.05, 0.1) is 0 Å². The van der Waals surface area contributed by atoms with Crippen LogP contribution in [0.2, 0.25) is 0 Å². The van der Waals surface area contributed by atoms with Crippen molar-refractivity contribution in [2.45, 2.75) is 103 Å². The molecule has 13 heteroatoms. The summed E-state index contributed by atoms with van der Waals surface area (Å²) >= 11 is 0. The average molecular weight is 722 g/mol. The maximum atomic E-state index is 14.3. The molecule has 0 aliphatic heterocycles. The fourth-order valence-electron chi connectivity index (χ4n) is 6.00. The standard InChI is InChI=1S/C39H59N7O6/c1-25(2)22-32(45(6)38(51)30(42-27(5)47)20-14-15-21-40)37(50)44-34(26(3)4)39(52)46(7)33(24-29-18-12-9-13-19-29)36(49)43-31(35(41)48)23-28-16-10-8-11-17-28/h8-13,16-19,25-26,30-34H,14-15,20-24,40H2,1-7H3,(H2,41,48)(H,42,47)(H,43,49)(H,44,50)/t30-,31-,32-,33-,34-/m0/s1. The van der Waals surface area contributed by atoms with E-state index in [1.165, 1.54) is 30.8 Å². The third-order valence-corrected chi connectivity index (χ3v) is 9.00. The minimum absolute atomic E-state index is 0.00590. The molecular weight excluding hydrogens is 662 g/mol. The molecule has 6 amide bonds. The first-order valence-corrected chi connectivity index (χ1v) is 18.1. The third-order valence-electron chi connectivity index (χ3n) is 9.00. The molecule has 0 heterocycles. The Morgan fingerprint density at radius 3 is 1.67 bits per heavy atom. The summed E-state index contributed by atoms with van der Waals surface area (Å²) in [5.74, 6) is -3.53. The molecule has 0 bridgehead atoms. The molecule has 0 aliphatic rings. The van der Waals surface area contributed by atoms with Gasteiger partial charge in [-0.2, -0.15) is 0 Å². The Balaban J connectivity index is 2.39. The largest absolute Gasteiger partial charge is 0.368 e. The molecule has 52 heavy (non-hydrogen) atoms. The van der Waals surface area contributed by atoms with Crippen molar-refractivity contribution in [3.8, 4) is 0 Å². The number of likely N-dealkylation sites (N-methyl/N-ethyl adjacent to an activating group) is 2. The van der Waals surface area contributed by atoms with Crippen molar-refractivity contribution in [2.24, 2.45) is 23.3 Å². The van der Waals surface area contributed by atoms with Crippen LogP contribution in [0.3, 0.4) is 0 Å². The Hall–Kier alpha value is -4.78. The van der Waals surface area contributed by atoms with Crippen LogP contribution in [0.1, 0.15) is 71.4 Å². The molecular formula is C39H59N7O6. The topological polar surface area (TPSA) is 197 Å². The Morgan fingerprint density at radius 1 is 0.673 bits per heavy atom. The number of carbonyl (C=O) groups excluding carboxylic acids is 6. The number of carbonyl (C=O) groups is 6. The van der Waals surface area contributed by atoms with Gasteiger partial charge in [-0.25, -0.2) is 0 Å². The number of hydrogen-bond acceptors (Lipinski definition) is 7. The summed E-state index contributed by atoms with van der Waals surface area (Å²) in [5.41, 5.74) is 12.9. The number of benzene rings is 2. The maximum absolute atomic E-state index is 14.3. The lowest BCUT2D eigenvalue weighted by Crippen LogP contribution is -2.61. The molecule has 5 atom stereocenters. The molecule has 0 aromatic heterocycles. The van der Waals surface area contributed by atoms with Crippen molar-refractivity contribution in [3.05, 3.63) is 71.8 Å². The van der Waals surface area contributed by atoms with Crippen molar-refractivity contribution in [3.63, 3.8) is 0 Å². The summed E-state index contributed by atoms with van der Waals surface area (Å²) in [6.45, 7) is 9.19. The quantitative estimate of drug-likeness (QED) is 0.121. The molecule has 2 rings (SSSR count). The van der Waals surface area contributed by atoms with Crippen LogP contribution in [-0.4, -0.2) is 96.1 Å². The molecule has 2 aromatic carbocycles. The first-order valence-electron chi connectivity index (χ1n) is 18.1. The maximum Gasteiger partial charge on any atom is 0.245 e. The molecule has 2 aromatic rings. The lowest BCUT2D eigenvalue weighted by molar-refractivity contribution is -0.146. The van der Waals surface area contributed by atoms with E-state index in [0.29, 0.717) is 32.2 Å². The van der Waals surface area contributed by atoms with Gasteiger partial charge in [0.25, 0.3) is 0 Å². The monoisotopic (exact) mass is 721 g/mol. The normalized spacial score (nSPS) is 14.0. The van der Waals surface area contributed by atoms with Gasteiger partial charge in [0, 0.05) is 33.9 Å². The highest BCUT2D eigenvalue weighted by molar-refractivity contribution is 5.96. The van der Waals surface area contributed by atoms with Gasteiger partial charge in [0.15, 0.2) is 0 Å². The van der Waals surface area contributed by atoms with Gasteiger partial charge in [0.1, 0.15) is 30.2 Å². The summed E-state index contributed by atoms with van der Waals surface area (Å²) in [5, 5.41) is 8.35. The van der Waals surface area contributed by atoms with Crippen LogP contribution < -0.4 is 27.4 Å². The van der Waals surface area contributed by atoms with Crippen molar-refractivity contribution in [1.82, 2.24) is 25.8 Å². The first-order chi connectivity index (χ1) is 24.6. The molecule has 0 saturated carbocycles. The predicted molar refractivity (Wildman–Crippen MR) is 201 cm³/mol. The predicted octanol–water partition coefficient (Wildman–Crippen LogP) is 1.92. The lowest BCUT2D eigenvalue weighted by atomic mass is 9.97. The molecule has 0 unspecified atom stereocenters. The van der Waals surface area contributed by atoms with Crippen LogP contribution in [0.15, 0.2) is 60.7 Å². The van der Waals surface area contributed by atoms with Gasteiger partial charge >= 0.3 is 0 Å². The SMILES string of the molecule is CC(=O)N[C@@H](CCCCN)C(=O)N(C)[C@@H](CC(C)C)C(=O)N[C@H](C(=O)N(C)[C@@H](Cc1ccccc1)C(=O)N[C@@H](Cc1ccccc1)C(N)=O)C(C)C. The summed E-state index contributed by atoms with van der Waals surface area (Å²) in [4.78, 5) is 83.1. The fourth-order valence-corrected chi connectivity index (χ4v) is 6.00. The molecule has 7 N–H and O–H groups in total. The van der Waals surface area contributed by atoms with Crippen LogP contribution >= 0.6 is 0 Å². The van der Waals surface area contributed by atoms with Crippen LogP contribution in [0.25, 0.3) is 0 Å². The van der Waals surface area contributed by atoms with Crippen molar-refractivity contribution < 1.29 is 28.8 Å². The molecule has 0 aliphatic carbocycles. The molecule has 0 spiro atoms. The zero-order valence-electron chi connectivity index (χ0n) is 31.8. The highest BCUT2D eigenvalue weighted by atomic mass is 16.2. The highest BCUT2D eigenvalue weighted by Gasteiger charge is 2.38. The molecule has 13 nitrogen and oxygen atoms in total. The Labute approximate surface area is 308 Å². The summed E-state index contributed by atoms with van der Waals surface area (Å²) in [7, 11) is 3.02. The second kappa shape index (κ2) is 21.6. The van der Waals surface area contributed by atoms with Crippen LogP contribution in [0.4, 0.5) is 0 Å². The van der Waals surface area contributed by atoms with Gasteiger partial charge in [0.2, 0.25) is 35.4 Å². The first kappa shape index (κ1) is 43.4. The zero-order valence-corrected chi connectivity index (χ0v) is 31.8. The summed E-state index contributed by atoms with van der Waals surface area (Å²) in [6, 6.07) is 13.4. The number of nitrogens with zero attached hydrogens (tertiary/aromatic N) is 2. The van der Waals surface area contributed by atoms with Gasteiger partial charge < -0.3 is 37.2 Å². The van der Waals surface area contributed by atoms with Crippen LogP contribution in [-0.2, 0) is 41.6 Å². The van der Waals surface area contributed by atoms with E-state index in [1.807, 2.05) is 74.5 Å². The Morgan fingerprint density at radius 2 is 1.19 bits per heavy atom. The van der Waals surface area contributed by atoms with Gasteiger partial charge in [-0.3, -0.25) is 28.8 Å². The lowest BCUT2D eigenvalue weighted by Gasteiger charge is -2.35. The van der Waals surface area contributed by atoms with E-state index in [1.54, 1.807) is 13.8 Å². The number of hydrogen-bond donors (Lipinski definition) is 5. The van der Waals surface area contributed by atoms with E-state index in [2.05, 4.69) is 16.0 Å². The molecule has 0 fully saturated rings. The van der Waals surface area contributed by atoms with Crippen molar-refractivity contribution in [1.29, 1.82) is 0 Å². The average Bonchev–Trinajstić information content (AvgIpc) is 3.10. The van der Waals surface area contributed by atoms with Crippen LogP contribution in [0, 0.1) is 11.8 Å². The minimum Gasteiger partial charge on any atom is -0.368 e. The molecule has 0 saturated heterocycles. The smallest absolute Gasteiger partial charge is 0.245 e. The van der Waals surface area contributed by atoms with Crippen molar-refractivity contribution >= 4 is 35.4 Å². The summed E-state index contributed by atoms with van der Waals surface area (Å²) in [6.07, 6.45) is 2.25. The number of amides is 6. The number of primary amides is 1. The third kappa shape index (κ3) is 13.7. The van der Waals surface area contributed by atoms with Crippen LogP contribution in [0.5, 0.6) is 0 Å². The fraction of sp³-hybridized carbons (Fsp3) is 0.538. The summed E-state index contributed by atoms with van der Waals surface area (Å²) < 4.78 is 0. The number of rotatable bonds is 21. The van der Waals surface area contributed by atoms with E-state index >= 15 is 0 Å². The number of nitrogens with two attached hydrogens (primary N) is 2. The second-order valence-corrected chi connectivity index (χ2v) is 14.2. The van der Waals surface area contributed by atoms with Gasteiger partial charge in [-0.15, -0.1) is 0 Å². The highest BCUT2D eigenvalue weighted by Crippen LogP contribution is 2.18. The van der Waals surface area contributed by atoms with E-state index in [9.17, 15) is 28.8 Å². The van der Waals surface area contributed by atoms with E-state index in [0.717, 1.165) is 11.1 Å².